The van der Waals surface area contributed by atoms with E-state index >= 15 is 0 Å². The lowest BCUT2D eigenvalue weighted by Gasteiger charge is -2.33. The van der Waals surface area contributed by atoms with Gasteiger partial charge in [-0.05, 0) is 39.2 Å². The number of primary amides is 1. The predicted octanol–water partition coefficient (Wildman–Crippen LogP) is 2.88. The van der Waals surface area contributed by atoms with Crippen molar-refractivity contribution in [3.05, 3.63) is 17.1 Å². The average Bonchev–Trinajstić information content (AvgIpc) is 3.04. The van der Waals surface area contributed by atoms with Crippen molar-refractivity contribution in [2.24, 2.45) is 5.73 Å². The fourth-order valence-corrected chi connectivity index (χ4v) is 4.16. The molecule has 2 aromatic heterocycles. The van der Waals surface area contributed by atoms with Crippen LogP contribution in [0.1, 0.15) is 56.1 Å². The first kappa shape index (κ1) is 20.4. The highest BCUT2D eigenvalue weighted by Gasteiger charge is 2.25. The summed E-state index contributed by atoms with van der Waals surface area (Å²) in [6, 6.07) is -0.122. The lowest BCUT2D eigenvalue weighted by atomic mass is 9.94. The number of urea groups is 1. The Balaban J connectivity index is 1.94. The largest absolute Gasteiger partial charge is 0.382 e. The number of imidazole rings is 1. The summed E-state index contributed by atoms with van der Waals surface area (Å²) in [6.07, 6.45) is 5.58. The summed E-state index contributed by atoms with van der Waals surface area (Å²) >= 11 is 0. The Bertz CT molecular complexity index is 841. The van der Waals surface area contributed by atoms with Crippen LogP contribution in [0.25, 0.3) is 11.0 Å². The van der Waals surface area contributed by atoms with Crippen molar-refractivity contribution in [3.8, 4) is 0 Å². The van der Waals surface area contributed by atoms with Crippen LogP contribution in [0.4, 0.5) is 10.6 Å². The van der Waals surface area contributed by atoms with Crippen LogP contribution in [0.3, 0.4) is 0 Å². The number of nitrogens with zero attached hydrogens (tertiary/aromatic N) is 4. The summed E-state index contributed by atoms with van der Waals surface area (Å²) in [7, 11) is 0. The monoisotopic (exact) mass is 388 g/mol. The van der Waals surface area contributed by atoms with Gasteiger partial charge < -0.3 is 25.7 Å². The fourth-order valence-electron chi connectivity index (χ4n) is 4.16. The molecule has 1 aliphatic carbocycles. The van der Waals surface area contributed by atoms with Gasteiger partial charge in [0.25, 0.3) is 0 Å². The molecule has 2 heterocycles. The van der Waals surface area contributed by atoms with Crippen LogP contribution < -0.4 is 11.5 Å². The summed E-state index contributed by atoms with van der Waals surface area (Å²) in [5, 5.41) is 0. The van der Waals surface area contributed by atoms with E-state index in [1.807, 2.05) is 25.7 Å². The number of aryl methyl sites for hydroxylation is 2. The van der Waals surface area contributed by atoms with Crippen LogP contribution in [0, 0.1) is 13.8 Å². The van der Waals surface area contributed by atoms with Gasteiger partial charge in [0, 0.05) is 31.4 Å². The fraction of sp³-hybridized carbons (Fsp3) is 0.650. The van der Waals surface area contributed by atoms with E-state index < -0.39 is 0 Å². The van der Waals surface area contributed by atoms with E-state index in [0.717, 1.165) is 48.3 Å². The molecule has 4 N–H and O–H groups in total. The van der Waals surface area contributed by atoms with Gasteiger partial charge in [-0.2, -0.15) is 0 Å². The van der Waals surface area contributed by atoms with Gasteiger partial charge in [0.2, 0.25) is 0 Å². The Morgan fingerprint density at radius 1 is 1.25 bits per heavy atom. The molecule has 0 radical (unpaired) electrons. The van der Waals surface area contributed by atoms with Gasteiger partial charge >= 0.3 is 6.03 Å². The Kier molecular flexibility index (Phi) is 6.39. The smallest absolute Gasteiger partial charge is 0.315 e. The molecule has 3 rings (SSSR count). The second kappa shape index (κ2) is 8.77. The number of carbonyl (C=O) groups excluding carboxylic acids is 1. The van der Waals surface area contributed by atoms with E-state index in [4.69, 9.17) is 21.2 Å². The van der Waals surface area contributed by atoms with E-state index in [0.29, 0.717) is 37.6 Å². The number of amides is 2. The molecule has 0 saturated heterocycles. The Morgan fingerprint density at radius 3 is 2.61 bits per heavy atom. The van der Waals surface area contributed by atoms with Crippen molar-refractivity contribution in [1.29, 1.82) is 0 Å². The molecular weight excluding hydrogens is 356 g/mol. The standard InChI is InChI=1S/C20H32N6O2/c1-4-28-12-16-24-17-18(13(2)14(3)23-19(17)21)26(16)11-10-25(20(22)27)15-8-6-5-7-9-15/h15H,4-12H2,1-3H3,(H2,21,23)(H2,22,27). The maximum absolute atomic E-state index is 12.1. The molecule has 1 aliphatic rings. The number of hydrogen-bond acceptors (Lipinski definition) is 5. The molecule has 154 valence electrons. The zero-order valence-corrected chi connectivity index (χ0v) is 17.2. The van der Waals surface area contributed by atoms with Gasteiger partial charge in [0.1, 0.15) is 17.9 Å². The van der Waals surface area contributed by atoms with E-state index in [1.54, 1.807) is 0 Å². The third kappa shape index (κ3) is 4.06. The lowest BCUT2D eigenvalue weighted by Crippen LogP contribution is -2.46. The number of fused-ring (bicyclic) bond motifs is 1. The summed E-state index contributed by atoms with van der Waals surface area (Å²) in [6.45, 7) is 8.07. The van der Waals surface area contributed by atoms with Gasteiger partial charge in [-0.15, -0.1) is 0 Å². The minimum atomic E-state index is -0.350. The average molecular weight is 389 g/mol. The van der Waals surface area contributed by atoms with Crippen molar-refractivity contribution in [2.45, 2.75) is 72.1 Å². The van der Waals surface area contributed by atoms with Crippen LogP contribution in [0.5, 0.6) is 0 Å². The topological polar surface area (TPSA) is 112 Å². The molecule has 1 fully saturated rings. The molecular formula is C20H32N6O2. The summed E-state index contributed by atoms with van der Waals surface area (Å²) < 4.78 is 7.74. The minimum absolute atomic E-state index is 0.228. The molecule has 0 aliphatic heterocycles. The number of hydrogen-bond donors (Lipinski definition) is 2. The van der Waals surface area contributed by atoms with Crippen LogP contribution in [0.2, 0.25) is 0 Å². The first-order chi connectivity index (χ1) is 13.4. The SMILES string of the molecule is CCOCc1nc2c(N)nc(C)c(C)c2n1CCN(C(N)=O)C1CCCCC1. The maximum atomic E-state index is 12.1. The number of ether oxygens (including phenoxy) is 1. The number of aromatic nitrogens is 3. The van der Waals surface area contributed by atoms with Crippen molar-refractivity contribution < 1.29 is 9.53 Å². The highest BCUT2D eigenvalue weighted by molar-refractivity contribution is 5.88. The second-order valence-electron chi connectivity index (χ2n) is 7.54. The molecule has 0 bridgehead atoms. The number of nitrogens with two attached hydrogens (primary N) is 2. The Hall–Kier alpha value is -2.35. The number of rotatable bonds is 7. The molecule has 0 atom stereocenters. The number of anilines is 1. The van der Waals surface area contributed by atoms with Gasteiger partial charge in [0.05, 0.1) is 5.52 Å². The summed E-state index contributed by atoms with van der Waals surface area (Å²) in [4.78, 5) is 23.1. The second-order valence-corrected chi connectivity index (χ2v) is 7.54. The van der Waals surface area contributed by atoms with E-state index in [1.165, 1.54) is 6.42 Å². The van der Waals surface area contributed by atoms with Crippen LogP contribution in [-0.4, -0.2) is 44.7 Å². The van der Waals surface area contributed by atoms with Gasteiger partial charge in [0.15, 0.2) is 5.82 Å². The number of nitrogen functional groups attached to an aromatic ring is 1. The van der Waals surface area contributed by atoms with Gasteiger partial charge in [-0.1, -0.05) is 19.3 Å². The first-order valence-corrected chi connectivity index (χ1v) is 10.2. The zero-order chi connectivity index (χ0) is 20.3. The minimum Gasteiger partial charge on any atom is -0.382 e. The Morgan fingerprint density at radius 2 is 1.96 bits per heavy atom. The first-order valence-electron chi connectivity index (χ1n) is 10.2. The third-order valence-corrected chi connectivity index (χ3v) is 5.77. The van der Waals surface area contributed by atoms with Crippen molar-refractivity contribution in [2.75, 3.05) is 18.9 Å². The van der Waals surface area contributed by atoms with Crippen LogP contribution >= 0.6 is 0 Å². The maximum Gasteiger partial charge on any atom is 0.315 e. The van der Waals surface area contributed by atoms with Crippen LogP contribution in [0.15, 0.2) is 0 Å². The Labute approximate surface area is 166 Å². The normalized spacial score (nSPS) is 15.2. The molecule has 2 aromatic rings. The molecule has 0 unspecified atom stereocenters. The van der Waals surface area contributed by atoms with E-state index in [2.05, 4.69) is 9.55 Å². The lowest BCUT2D eigenvalue weighted by molar-refractivity contribution is 0.124. The van der Waals surface area contributed by atoms with Crippen LogP contribution in [-0.2, 0) is 17.9 Å². The third-order valence-electron chi connectivity index (χ3n) is 5.77. The molecule has 8 nitrogen and oxygen atoms in total. The highest BCUT2D eigenvalue weighted by atomic mass is 16.5. The summed E-state index contributed by atoms with van der Waals surface area (Å²) in [5.74, 6) is 1.22. The van der Waals surface area contributed by atoms with Crippen molar-refractivity contribution in [3.63, 3.8) is 0 Å². The van der Waals surface area contributed by atoms with E-state index in [9.17, 15) is 4.79 Å². The molecule has 1 saturated carbocycles. The van der Waals surface area contributed by atoms with E-state index in [-0.39, 0.29) is 12.1 Å². The molecule has 0 spiro atoms. The summed E-state index contributed by atoms with van der Waals surface area (Å²) in [5.41, 5.74) is 15.5. The number of pyridine rings is 1. The predicted molar refractivity (Wildman–Crippen MR) is 110 cm³/mol. The quantitative estimate of drug-likeness (QED) is 0.757. The molecule has 8 heteroatoms. The van der Waals surface area contributed by atoms with Gasteiger partial charge in [-0.3, -0.25) is 0 Å². The zero-order valence-electron chi connectivity index (χ0n) is 17.2. The molecule has 0 aromatic carbocycles. The molecule has 2 amide bonds. The highest BCUT2D eigenvalue weighted by Crippen LogP contribution is 2.27. The molecule has 28 heavy (non-hydrogen) atoms. The van der Waals surface area contributed by atoms with Crippen molar-refractivity contribution >= 4 is 22.9 Å². The van der Waals surface area contributed by atoms with Gasteiger partial charge in [-0.25, -0.2) is 14.8 Å². The van der Waals surface area contributed by atoms with Crippen molar-refractivity contribution in [1.82, 2.24) is 19.4 Å². The number of carbonyl (C=O) groups is 1.